The molecule has 0 saturated carbocycles. The number of nitrogens with zero attached hydrogens (tertiary/aromatic N) is 1. The van der Waals surface area contributed by atoms with Crippen molar-refractivity contribution in [1.82, 2.24) is 5.32 Å². The van der Waals surface area contributed by atoms with Crippen LogP contribution in [0.4, 0.5) is 0 Å². The maximum Gasteiger partial charge on any atom is 0.323 e. The van der Waals surface area contributed by atoms with Gasteiger partial charge in [0.1, 0.15) is 11.1 Å². The average Bonchev–Trinajstić information content (AvgIpc) is 2.47. The topological polar surface area (TPSA) is 79.2 Å². The highest BCUT2D eigenvalue weighted by Crippen LogP contribution is 2.31. The number of hydrogen-bond acceptors (Lipinski definition) is 5. The van der Waals surface area contributed by atoms with Gasteiger partial charge in [-0.25, -0.2) is 0 Å². The van der Waals surface area contributed by atoms with Gasteiger partial charge in [0.15, 0.2) is 5.92 Å². The largest absolute Gasteiger partial charge is 0.465 e. The first kappa shape index (κ1) is 14.9. The number of carbonyl (C=O) groups excluding carboxylic acids is 2. The molecule has 1 heterocycles. The molecule has 0 spiro atoms. The summed E-state index contributed by atoms with van der Waals surface area (Å²) in [6, 6.07) is 10.7. The molecule has 1 amide bonds. The van der Waals surface area contributed by atoms with E-state index in [0.29, 0.717) is 11.1 Å². The zero-order valence-electron chi connectivity index (χ0n) is 11.3. The first-order valence-electron chi connectivity index (χ1n) is 6.31. The van der Waals surface area contributed by atoms with E-state index in [0.717, 1.165) is 0 Å². The Bertz CT molecular complexity index is 674. The van der Waals surface area contributed by atoms with Crippen LogP contribution >= 0.6 is 12.2 Å². The Morgan fingerprint density at radius 2 is 2.10 bits per heavy atom. The van der Waals surface area contributed by atoms with Gasteiger partial charge >= 0.3 is 5.97 Å². The minimum atomic E-state index is -1.19. The first-order valence-corrected chi connectivity index (χ1v) is 6.72. The Morgan fingerprint density at radius 3 is 2.67 bits per heavy atom. The summed E-state index contributed by atoms with van der Waals surface area (Å²) in [7, 11) is 0. The lowest BCUT2D eigenvalue weighted by Gasteiger charge is -2.25. The second-order valence-electron chi connectivity index (χ2n) is 4.27. The van der Waals surface area contributed by atoms with Crippen LogP contribution in [-0.4, -0.2) is 23.5 Å². The molecule has 0 aliphatic carbocycles. The number of ether oxygens (including phenoxy) is 1. The molecule has 0 fully saturated rings. The highest BCUT2D eigenvalue weighted by Gasteiger charge is 2.39. The van der Waals surface area contributed by atoms with E-state index in [1.807, 2.05) is 6.07 Å². The van der Waals surface area contributed by atoms with Gasteiger partial charge in [0.2, 0.25) is 5.91 Å². The average molecular weight is 300 g/mol. The molecule has 1 unspecified atom stereocenters. The minimum Gasteiger partial charge on any atom is -0.465 e. The lowest BCUT2D eigenvalue weighted by Crippen LogP contribution is -2.45. The van der Waals surface area contributed by atoms with Crippen LogP contribution in [0.1, 0.15) is 12.5 Å². The van der Waals surface area contributed by atoms with Crippen LogP contribution in [0.5, 0.6) is 0 Å². The van der Waals surface area contributed by atoms with Gasteiger partial charge in [-0.3, -0.25) is 9.59 Å². The first-order chi connectivity index (χ1) is 10.1. The van der Waals surface area contributed by atoms with Crippen molar-refractivity contribution in [1.29, 1.82) is 5.26 Å². The van der Waals surface area contributed by atoms with Crippen molar-refractivity contribution in [2.45, 2.75) is 6.92 Å². The van der Waals surface area contributed by atoms with E-state index in [1.54, 1.807) is 37.3 Å². The van der Waals surface area contributed by atoms with E-state index >= 15 is 0 Å². The molecule has 106 valence electrons. The third kappa shape index (κ3) is 2.83. The molecule has 1 aliphatic heterocycles. The molecule has 1 atom stereocenters. The number of nitrogens with one attached hydrogen (secondary N) is 1. The summed E-state index contributed by atoms with van der Waals surface area (Å²) < 4.78 is 4.94. The molecular weight excluding hydrogens is 288 g/mol. The number of benzene rings is 1. The lowest BCUT2D eigenvalue weighted by molar-refractivity contribution is -0.149. The maximum absolute atomic E-state index is 12.1. The van der Waals surface area contributed by atoms with Crippen LogP contribution in [0, 0.1) is 17.2 Å². The van der Waals surface area contributed by atoms with E-state index < -0.39 is 17.8 Å². The summed E-state index contributed by atoms with van der Waals surface area (Å²) in [6.45, 7) is 1.80. The van der Waals surface area contributed by atoms with E-state index in [9.17, 15) is 14.9 Å². The SMILES string of the molecule is CCOC(=O)C1C(=O)NC(=S)C(C#N)=C1c1ccccc1. The molecule has 2 rings (SSSR count). The summed E-state index contributed by atoms with van der Waals surface area (Å²) in [5.41, 5.74) is 1.02. The Hall–Kier alpha value is -2.52. The van der Waals surface area contributed by atoms with Crippen LogP contribution in [0.25, 0.3) is 5.57 Å². The number of esters is 1. The molecular formula is C15H12N2O3S. The van der Waals surface area contributed by atoms with Crippen molar-refractivity contribution in [3.8, 4) is 6.07 Å². The van der Waals surface area contributed by atoms with Crippen molar-refractivity contribution in [3.05, 3.63) is 41.5 Å². The molecule has 0 saturated heterocycles. The van der Waals surface area contributed by atoms with Crippen molar-refractivity contribution in [2.75, 3.05) is 6.61 Å². The summed E-state index contributed by atoms with van der Waals surface area (Å²) in [5, 5.41) is 11.7. The molecule has 21 heavy (non-hydrogen) atoms. The molecule has 0 aromatic heterocycles. The fourth-order valence-electron chi connectivity index (χ4n) is 2.13. The molecule has 1 aromatic carbocycles. The molecule has 1 N–H and O–H groups in total. The summed E-state index contributed by atoms with van der Waals surface area (Å²) in [5.74, 6) is -2.45. The van der Waals surface area contributed by atoms with Gasteiger partial charge in [0.05, 0.1) is 12.2 Å². The summed E-state index contributed by atoms with van der Waals surface area (Å²) >= 11 is 5.02. The highest BCUT2D eigenvalue weighted by atomic mass is 32.1. The number of hydrogen-bond donors (Lipinski definition) is 1. The Balaban J connectivity index is 2.64. The van der Waals surface area contributed by atoms with Crippen LogP contribution in [0.2, 0.25) is 0 Å². The van der Waals surface area contributed by atoms with Crippen LogP contribution in [0.3, 0.4) is 0 Å². The second-order valence-corrected chi connectivity index (χ2v) is 4.68. The molecule has 1 aromatic rings. The van der Waals surface area contributed by atoms with E-state index in [4.69, 9.17) is 17.0 Å². The van der Waals surface area contributed by atoms with Crippen LogP contribution in [0.15, 0.2) is 35.9 Å². The summed E-state index contributed by atoms with van der Waals surface area (Å²) in [6.07, 6.45) is 0. The normalized spacial score (nSPS) is 18.0. The van der Waals surface area contributed by atoms with Crippen molar-refractivity contribution in [2.24, 2.45) is 5.92 Å². The number of amides is 1. The number of carbonyl (C=O) groups is 2. The van der Waals surface area contributed by atoms with Crippen LogP contribution in [-0.2, 0) is 14.3 Å². The molecule has 1 aliphatic rings. The van der Waals surface area contributed by atoms with Gasteiger partial charge in [0, 0.05) is 5.57 Å². The van der Waals surface area contributed by atoms with Gasteiger partial charge in [-0.1, -0.05) is 42.5 Å². The standard InChI is InChI=1S/C15H12N2O3S/c1-2-20-15(19)12-11(9-6-4-3-5-7-9)10(8-16)14(21)17-13(12)18/h3-7,12H,2H2,1H3,(H,17,18,21). The lowest BCUT2D eigenvalue weighted by atomic mass is 9.85. The van der Waals surface area contributed by atoms with E-state index in [1.165, 1.54) is 0 Å². The smallest absolute Gasteiger partial charge is 0.323 e. The van der Waals surface area contributed by atoms with Gasteiger partial charge in [-0.2, -0.15) is 5.26 Å². The second kappa shape index (κ2) is 6.29. The zero-order valence-corrected chi connectivity index (χ0v) is 12.1. The Kier molecular flexibility index (Phi) is 4.45. The van der Waals surface area contributed by atoms with Gasteiger partial charge in [0.25, 0.3) is 0 Å². The molecule has 6 heteroatoms. The fourth-order valence-corrected chi connectivity index (χ4v) is 2.39. The zero-order chi connectivity index (χ0) is 15.4. The monoisotopic (exact) mass is 300 g/mol. The third-order valence-electron chi connectivity index (χ3n) is 3.00. The van der Waals surface area contributed by atoms with Crippen molar-refractivity contribution >= 4 is 34.7 Å². The van der Waals surface area contributed by atoms with Crippen molar-refractivity contribution in [3.63, 3.8) is 0 Å². The molecule has 0 radical (unpaired) electrons. The quantitative estimate of drug-likeness (QED) is 0.521. The van der Waals surface area contributed by atoms with Gasteiger partial charge in [-0.15, -0.1) is 0 Å². The highest BCUT2D eigenvalue weighted by molar-refractivity contribution is 7.80. The molecule has 0 bridgehead atoms. The number of nitriles is 1. The third-order valence-corrected chi connectivity index (χ3v) is 3.31. The number of rotatable bonds is 3. The van der Waals surface area contributed by atoms with Gasteiger partial charge < -0.3 is 10.1 Å². The summed E-state index contributed by atoms with van der Waals surface area (Å²) in [4.78, 5) is 24.2. The predicted molar refractivity (Wildman–Crippen MR) is 79.8 cm³/mol. The molecule has 5 nitrogen and oxygen atoms in total. The van der Waals surface area contributed by atoms with E-state index in [-0.39, 0.29) is 17.2 Å². The number of thiocarbonyl (C=S) groups is 1. The maximum atomic E-state index is 12.1. The fraction of sp³-hybridized carbons (Fsp3) is 0.200. The van der Waals surface area contributed by atoms with Gasteiger partial charge in [-0.05, 0) is 12.5 Å². The Morgan fingerprint density at radius 1 is 1.43 bits per heavy atom. The van der Waals surface area contributed by atoms with Crippen LogP contribution < -0.4 is 5.32 Å². The Labute approximate surface area is 127 Å². The van der Waals surface area contributed by atoms with Crippen molar-refractivity contribution < 1.29 is 14.3 Å². The minimum absolute atomic E-state index is 0.0295. The predicted octanol–water partition coefficient (Wildman–Crippen LogP) is 1.60. The van der Waals surface area contributed by atoms with E-state index in [2.05, 4.69) is 5.32 Å².